The summed E-state index contributed by atoms with van der Waals surface area (Å²) in [5, 5.41) is 28.1. The number of nitro groups is 2. The Kier molecular flexibility index (Phi) is 4.37. The van der Waals surface area contributed by atoms with Crippen LogP contribution >= 0.6 is 0 Å². The summed E-state index contributed by atoms with van der Waals surface area (Å²) in [6.07, 6.45) is 1.97. The van der Waals surface area contributed by atoms with Gasteiger partial charge in [-0.1, -0.05) is 6.92 Å². The lowest BCUT2D eigenvalue weighted by atomic mass is 9.81. The van der Waals surface area contributed by atoms with E-state index in [9.17, 15) is 20.2 Å². The predicted octanol–water partition coefficient (Wildman–Crippen LogP) is 2.30. The smallest absolute Gasteiger partial charge is 0.299 e. The van der Waals surface area contributed by atoms with Crippen molar-refractivity contribution in [3.63, 3.8) is 0 Å². The van der Waals surface area contributed by atoms with Gasteiger partial charge in [0.1, 0.15) is 5.69 Å². The third-order valence-corrected chi connectivity index (χ3v) is 3.91. The molecule has 8 heteroatoms. The van der Waals surface area contributed by atoms with Crippen molar-refractivity contribution in [1.82, 2.24) is 5.32 Å². The van der Waals surface area contributed by atoms with Gasteiger partial charge in [-0.3, -0.25) is 20.2 Å². The maximum Gasteiger partial charge on any atom is 0.299 e. The summed E-state index contributed by atoms with van der Waals surface area (Å²) >= 11 is 0. The Labute approximate surface area is 121 Å². The minimum atomic E-state index is -0.634. The quantitative estimate of drug-likeness (QED) is 0.637. The van der Waals surface area contributed by atoms with Crippen LogP contribution in [-0.4, -0.2) is 29.5 Å². The van der Waals surface area contributed by atoms with Crippen molar-refractivity contribution in [1.29, 1.82) is 0 Å². The fourth-order valence-electron chi connectivity index (χ4n) is 2.45. The molecular formula is C13H18N4O4. The van der Waals surface area contributed by atoms with Crippen molar-refractivity contribution in [3.05, 3.63) is 38.4 Å². The van der Waals surface area contributed by atoms with E-state index in [0.29, 0.717) is 12.2 Å². The molecule has 1 saturated heterocycles. The van der Waals surface area contributed by atoms with Gasteiger partial charge in [-0.15, -0.1) is 0 Å². The Balaban J connectivity index is 2.15. The number of nitro benzene ring substituents is 2. The number of benzene rings is 1. The third-order valence-electron chi connectivity index (χ3n) is 3.91. The second kappa shape index (κ2) is 6.04. The fourth-order valence-corrected chi connectivity index (χ4v) is 2.45. The lowest BCUT2D eigenvalue weighted by Gasteiger charge is -2.34. The first kappa shape index (κ1) is 15.2. The molecule has 1 heterocycles. The summed E-state index contributed by atoms with van der Waals surface area (Å²) in [6.45, 7) is 4.60. The van der Waals surface area contributed by atoms with E-state index in [2.05, 4.69) is 17.6 Å². The average Bonchev–Trinajstić information content (AvgIpc) is 2.45. The van der Waals surface area contributed by atoms with E-state index in [-0.39, 0.29) is 16.8 Å². The zero-order chi connectivity index (χ0) is 15.5. The van der Waals surface area contributed by atoms with Gasteiger partial charge >= 0.3 is 0 Å². The van der Waals surface area contributed by atoms with Crippen molar-refractivity contribution in [2.45, 2.75) is 19.8 Å². The first-order chi connectivity index (χ1) is 9.91. The van der Waals surface area contributed by atoms with Crippen molar-refractivity contribution >= 4 is 17.1 Å². The van der Waals surface area contributed by atoms with Crippen molar-refractivity contribution < 1.29 is 9.85 Å². The van der Waals surface area contributed by atoms with Gasteiger partial charge in [-0.25, -0.2) is 0 Å². The lowest BCUT2D eigenvalue weighted by Crippen LogP contribution is -2.39. The third kappa shape index (κ3) is 3.66. The predicted molar refractivity (Wildman–Crippen MR) is 78.5 cm³/mol. The van der Waals surface area contributed by atoms with Crippen LogP contribution in [0.15, 0.2) is 18.2 Å². The highest BCUT2D eigenvalue weighted by Gasteiger charge is 2.28. The molecule has 0 saturated carbocycles. The number of rotatable bonds is 5. The molecular weight excluding hydrogens is 276 g/mol. The molecule has 114 valence electrons. The molecule has 0 spiro atoms. The zero-order valence-electron chi connectivity index (χ0n) is 11.8. The van der Waals surface area contributed by atoms with Crippen LogP contribution in [0.3, 0.4) is 0 Å². The average molecular weight is 294 g/mol. The first-order valence-corrected chi connectivity index (χ1v) is 6.79. The molecule has 0 aromatic heterocycles. The van der Waals surface area contributed by atoms with Gasteiger partial charge in [-0.05, 0) is 37.4 Å². The highest BCUT2D eigenvalue weighted by atomic mass is 16.6. The van der Waals surface area contributed by atoms with Crippen LogP contribution in [0.1, 0.15) is 19.8 Å². The molecule has 21 heavy (non-hydrogen) atoms. The molecule has 1 aliphatic rings. The largest absolute Gasteiger partial charge is 0.379 e. The lowest BCUT2D eigenvalue weighted by molar-refractivity contribution is -0.393. The van der Waals surface area contributed by atoms with Gasteiger partial charge in [0.25, 0.3) is 11.4 Å². The van der Waals surface area contributed by atoms with E-state index < -0.39 is 9.85 Å². The Hall–Kier alpha value is -2.22. The molecule has 0 aliphatic carbocycles. The van der Waals surface area contributed by atoms with Gasteiger partial charge in [0.05, 0.1) is 15.9 Å². The van der Waals surface area contributed by atoms with E-state index in [0.717, 1.165) is 32.0 Å². The number of nitrogens with zero attached hydrogens (tertiary/aromatic N) is 2. The summed E-state index contributed by atoms with van der Waals surface area (Å²) < 4.78 is 0. The van der Waals surface area contributed by atoms with E-state index in [1.807, 2.05) is 0 Å². The number of nitrogens with one attached hydrogen (secondary N) is 2. The second-order valence-corrected chi connectivity index (χ2v) is 5.63. The summed E-state index contributed by atoms with van der Waals surface area (Å²) in [5.41, 5.74) is -0.145. The second-order valence-electron chi connectivity index (χ2n) is 5.63. The van der Waals surface area contributed by atoms with Gasteiger partial charge < -0.3 is 10.6 Å². The standard InChI is InChI=1S/C13H18N4O4/c1-13(4-6-14-7-5-13)9-15-11-3-2-10(16(18)19)8-12(11)17(20)21/h2-3,8,14-15H,4-7,9H2,1H3. The highest BCUT2D eigenvalue weighted by Crippen LogP contribution is 2.32. The molecule has 0 atom stereocenters. The molecule has 8 nitrogen and oxygen atoms in total. The van der Waals surface area contributed by atoms with Crippen molar-refractivity contribution in [2.75, 3.05) is 25.0 Å². The van der Waals surface area contributed by atoms with E-state index in [1.165, 1.54) is 12.1 Å². The highest BCUT2D eigenvalue weighted by molar-refractivity contribution is 5.65. The first-order valence-electron chi connectivity index (χ1n) is 6.79. The zero-order valence-corrected chi connectivity index (χ0v) is 11.8. The van der Waals surface area contributed by atoms with Crippen LogP contribution in [0.4, 0.5) is 17.1 Å². The number of hydrogen-bond acceptors (Lipinski definition) is 6. The van der Waals surface area contributed by atoms with Crippen molar-refractivity contribution in [2.24, 2.45) is 5.41 Å². The summed E-state index contributed by atoms with van der Waals surface area (Å²) in [4.78, 5) is 20.5. The van der Waals surface area contributed by atoms with Crippen LogP contribution in [0, 0.1) is 25.6 Å². The molecule has 1 fully saturated rings. The minimum Gasteiger partial charge on any atom is -0.379 e. The Morgan fingerprint density at radius 3 is 2.48 bits per heavy atom. The maximum atomic E-state index is 11.1. The van der Waals surface area contributed by atoms with Gasteiger partial charge in [0.2, 0.25) is 0 Å². The Morgan fingerprint density at radius 2 is 1.90 bits per heavy atom. The maximum absolute atomic E-state index is 11.1. The number of piperidine rings is 1. The normalized spacial score (nSPS) is 17.2. The van der Waals surface area contributed by atoms with Crippen LogP contribution in [-0.2, 0) is 0 Å². The van der Waals surface area contributed by atoms with Crippen LogP contribution in [0.2, 0.25) is 0 Å². The summed E-state index contributed by atoms with van der Waals surface area (Å²) in [5.74, 6) is 0. The molecule has 0 radical (unpaired) electrons. The van der Waals surface area contributed by atoms with Crippen LogP contribution in [0.5, 0.6) is 0 Å². The topological polar surface area (TPSA) is 110 Å². The molecule has 1 aliphatic heterocycles. The molecule has 2 rings (SSSR count). The molecule has 0 bridgehead atoms. The monoisotopic (exact) mass is 294 g/mol. The Morgan fingerprint density at radius 1 is 1.24 bits per heavy atom. The van der Waals surface area contributed by atoms with Crippen molar-refractivity contribution in [3.8, 4) is 0 Å². The SMILES string of the molecule is CC1(CNc2ccc([N+](=O)[O-])cc2[N+](=O)[O-])CCNCC1. The van der Waals surface area contributed by atoms with Gasteiger partial charge in [0.15, 0.2) is 0 Å². The Bertz CT molecular complexity index is 555. The molecule has 1 aromatic carbocycles. The van der Waals surface area contributed by atoms with Crippen LogP contribution < -0.4 is 10.6 Å². The summed E-state index contributed by atoms with van der Waals surface area (Å²) in [6, 6.07) is 3.67. The fraction of sp³-hybridized carbons (Fsp3) is 0.538. The number of anilines is 1. The van der Waals surface area contributed by atoms with E-state index in [1.54, 1.807) is 0 Å². The number of non-ortho nitro benzene ring substituents is 1. The van der Waals surface area contributed by atoms with E-state index >= 15 is 0 Å². The molecule has 0 amide bonds. The van der Waals surface area contributed by atoms with Gasteiger partial charge in [-0.2, -0.15) is 0 Å². The molecule has 1 aromatic rings. The minimum absolute atomic E-state index is 0.0703. The number of hydrogen-bond donors (Lipinski definition) is 2. The van der Waals surface area contributed by atoms with E-state index in [4.69, 9.17) is 0 Å². The molecule has 2 N–H and O–H groups in total. The molecule has 0 unspecified atom stereocenters. The van der Waals surface area contributed by atoms with Crippen LogP contribution in [0.25, 0.3) is 0 Å². The van der Waals surface area contributed by atoms with Gasteiger partial charge in [0, 0.05) is 12.6 Å². The summed E-state index contributed by atoms with van der Waals surface area (Å²) in [7, 11) is 0.